The smallest absolute Gasteiger partial charge is 0.300 e. The van der Waals surface area contributed by atoms with Crippen molar-refractivity contribution in [2.24, 2.45) is 0 Å². The van der Waals surface area contributed by atoms with Crippen LogP contribution in [0.25, 0.3) is 5.76 Å². The van der Waals surface area contributed by atoms with Crippen LogP contribution in [0.4, 0.5) is 11.4 Å². The van der Waals surface area contributed by atoms with Crippen molar-refractivity contribution in [2.45, 2.75) is 6.04 Å². The molecule has 0 aliphatic carbocycles. The summed E-state index contributed by atoms with van der Waals surface area (Å²) in [5.74, 6) is -1.40. The van der Waals surface area contributed by atoms with E-state index in [1.807, 2.05) is 0 Å². The molecule has 32 heavy (non-hydrogen) atoms. The summed E-state index contributed by atoms with van der Waals surface area (Å²) in [7, 11) is 1.51. The number of aliphatic hydroxyl groups excluding tert-OH is 1. The summed E-state index contributed by atoms with van der Waals surface area (Å²) < 4.78 is 5.16. The van der Waals surface area contributed by atoms with E-state index in [1.165, 1.54) is 36.3 Å². The molecule has 3 aromatic rings. The number of non-ortho nitro benzene ring substituents is 1. The monoisotopic (exact) mass is 430 g/mol. The van der Waals surface area contributed by atoms with E-state index in [9.17, 15) is 24.8 Å². The molecule has 0 saturated carbocycles. The van der Waals surface area contributed by atoms with Crippen LogP contribution in [0.2, 0.25) is 0 Å². The van der Waals surface area contributed by atoms with Gasteiger partial charge >= 0.3 is 0 Å². The lowest BCUT2D eigenvalue weighted by molar-refractivity contribution is -0.384. The van der Waals surface area contributed by atoms with E-state index in [0.717, 1.165) is 0 Å². The predicted octanol–water partition coefficient (Wildman–Crippen LogP) is 4.23. The highest BCUT2D eigenvalue weighted by molar-refractivity contribution is 6.51. The number of carbonyl (C=O) groups is 2. The van der Waals surface area contributed by atoms with Crippen molar-refractivity contribution in [1.29, 1.82) is 0 Å². The maximum atomic E-state index is 13.1. The van der Waals surface area contributed by atoms with Crippen LogP contribution in [0.3, 0.4) is 0 Å². The Kier molecular flexibility index (Phi) is 5.43. The predicted molar refractivity (Wildman–Crippen MR) is 117 cm³/mol. The number of hydrogen-bond acceptors (Lipinski definition) is 6. The van der Waals surface area contributed by atoms with Crippen LogP contribution in [0.15, 0.2) is 84.4 Å². The van der Waals surface area contributed by atoms with Gasteiger partial charge in [-0.05, 0) is 42.0 Å². The Morgan fingerprint density at radius 2 is 1.59 bits per heavy atom. The van der Waals surface area contributed by atoms with Gasteiger partial charge in [-0.15, -0.1) is 0 Å². The molecule has 1 fully saturated rings. The van der Waals surface area contributed by atoms with E-state index < -0.39 is 22.7 Å². The van der Waals surface area contributed by atoms with Crippen LogP contribution in [0.5, 0.6) is 5.75 Å². The number of carbonyl (C=O) groups excluding carboxylic acids is 2. The van der Waals surface area contributed by atoms with E-state index in [4.69, 9.17) is 4.74 Å². The minimum absolute atomic E-state index is 0.0918. The first-order valence-corrected chi connectivity index (χ1v) is 9.67. The highest BCUT2D eigenvalue weighted by Gasteiger charge is 2.47. The summed E-state index contributed by atoms with van der Waals surface area (Å²) in [6.45, 7) is 0. The van der Waals surface area contributed by atoms with Crippen molar-refractivity contribution in [1.82, 2.24) is 0 Å². The lowest BCUT2D eigenvalue weighted by Crippen LogP contribution is -2.29. The van der Waals surface area contributed by atoms with Gasteiger partial charge in [0.1, 0.15) is 11.5 Å². The Balaban J connectivity index is 1.91. The quantitative estimate of drug-likeness (QED) is 0.213. The normalized spacial score (nSPS) is 17.4. The fourth-order valence-electron chi connectivity index (χ4n) is 3.69. The van der Waals surface area contributed by atoms with Crippen LogP contribution in [0, 0.1) is 10.1 Å². The molecule has 1 aliphatic rings. The highest BCUT2D eigenvalue weighted by atomic mass is 16.6. The van der Waals surface area contributed by atoms with Crippen LogP contribution in [0.1, 0.15) is 17.2 Å². The van der Waals surface area contributed by atoms with Crippen LogP contribution < -0.4 is 9.64 Å². The van der Waals surface area contributed by atoms with Crippen LogP contribution in [-0.4, -0.2) is 28.8 Å². The molecule has 1 heterocycles. The van der Waals surface area contributed by atoms with Crippen molar-refractivity contribution < 1.29 is 24.4 Å². The zero-order chi connectivity index (χ0) is 22.8. The van der Waals surface area contributed by atoms with Crippen LogP contribution >= 0.6 is 0 Å². The minimum Gasteiger partial charge on any atom is -0.507 e. The molecular formula is C24H18N2O6. The van der Waals surface area contributed by atoms with Gasteiger partial charge in [0.05, 0.1) is 23.6 Å². The summed E-state index contributed by atoms with van der Waals surface area (Å²) in [5, 5.41) is 22.0. The Morgan fingerprint density at radius 1 is 0.969 bits per heavy atom. The molecule has 1 N–H and O–H groups in total. The summed E-state index contributed by atoms with van der Waals surface area (Å²) in [6.07, 6.45) is 0. The van der Waals surface area contributed by atoms with Gasteiger partial charge < -0.3 is 9.84 Å². The standard InChI is InChI=1S/C24H18N2O6/c1-32-19-13-11-17(12-14-19)25-21(15-7-9-18(10-8-15)26(30)31)20(23(28)24(25)29)22(27)16-5-3-2-4-6-16/h2-14,21,27H,1H3/b22-20+/t21-/m1/s1. The van der Waals surface area contributed by atoms with E-state index in [-0.39, 0.29) is 17.0 Å². The van der Waals surface area contributed by atoms with Gasteiger partial charge in [-0.1, -0.05) is 30.3 Å². The third kappa shape index (κ3) is 3.58. The fraction of sp³-hybridized carbons (Fsp3) is 0.0833. The number of aliphatic hydroxyl groups is 1. The number of nitrogens with zero attached hydrogens (tertiary/aromatic N) is 2. The van der Waals surface area contributed by atoms with Crippen molar-refractivity contribution in [3.05, 3.63) is 106 Å². The Labute approximate surface area is 183 Å². The molecule has 1 aliphatic heterocycles. The number of nitro groups is 1. The molecule has 160 valence electrons. The largest absolute Gasteiger partial charge is 0.507 e. The summed E-state index contributed by atoms with van der Waals surface area (Å²) in [5.41, 5.74) is 1.03. The van der Waals surface area contributed by atoms with Gasteiger partial charge in [0.15, 0.2) is 0 Å². The number of rotatable bonds is 5. The number of methoxy groups -OCH3 is 1. The van der Waals surface area contributed by atoms with E-state index in [0.29, 0.717) is 22.6 Å². The zero-order valence-electron chi connectivity index (χ0n) is 17.0. The molecule has 4 rings (SSSR count). The van der Waals surface area contributed by atoms with E-state index >= 15 is 0 Å². The third-order valence-corrected chi connectivity index (χ3v) is 5.26. The highest BCUT2D eigenvalue weighted by Crippen LogP contribution is 2.42. The fourth-order valence-corrected chi connectivity index (χ4v) is 3.69. The number of amides is 1. The molecule has 8 nitrogen and oxygen atoms in total. The van der Waals surface area contributed by atoms with Crippen molar-refractivity contribution in [2.75, 3.05) is 12.0 Å². The average Bonchev–Trinajstić information content (AvgIpc) is 3.09. The van der Waals surface area contributed by atoms with Crippen molar-refractivity contribution in [3.63, 3.8) is 0 Å². The molecule has 0 unspecified atom stereocenters. The Bertz CT molecular complexity index is 1220. The molecule has 1 amide bonds. The SMILES string of the molecule is COc1ccc(N2C(=O)C(=O)/C(=C(/O)c3ccccc3)[C@H]2c2ccc([N+](=O)[O-])cc2)cc1. The first kappa shape index (κ1) is 20.8. The average molecular weight is 430 g/mol. The maximum Gasteiger partial charge on any atom is 0.300 e. The lowest BCUT2D eigenvalue weighted by Gasteiger charge is -2.25. The van der Waals surface area contributed by atoms with Gasteiger partial charge in [0.2, 0.25) is 0 Å². The van der Waals surface area contributed by atoms with Gasteiger partial charge in [-0.2, -0.15) is 0 Å². The molecule has 3 aromatic carbocycles. The third-order valence-electron chi connectivity index (χ3n) is 5.26. The van der Waals surface area contributed by atoms with Crippen molar-refractivity contribution >= 4 is 28.8 Å². The molecule has 0 bridgehead atoms. The number of ketones is 1. The Hall–Kier alpha value is -4.46. The minimum atomic E-state index is -0.968. The number of anilines is 1. The number of nitro benzene ring substituents is 1. The lowest BCUT2D eigenvalue weighted by atomic mass is 9.95. The first-order chi connectivity index (χ1) is 15.4. The molecular weight excluding hydrogens is 412 g/mol. The molecule has 8 heteroatoms. The molecule has 1 atom stereocenters. The second kappa shape index (κ2) is 8.35. The van der Waals surface area contributed by atoms with Crippen LogP contribution in [-0.2, 0) is 9.59 Å². The number of benzene rings is 3. The molecule has 1 saturated heterocycles. The second-order valence-electron chi connectivity index (χ2n) is 7.08. The Morgan fingerprint density at radius 3 is 2.16 bits per heavy atom. The van der Waals surface area contributed by atoms with Gasteiger partial charge in [-0.25, -0.2) is 0 Å². The molecule has 0 radical (unpaired) electrons. The number of Topliss-reactive ketones (excluding diaryl/α,β-unsaturated/α-hetero) is 1. The second-order valence-corrected chi connectivity index (χ2v) is 7.08. The van der Waals surface area contributed by atoms with Gasteiger partial charge in [0, 0.05) is 23.4 Å². The van der Waals surface area contributed by atoms with E-state index in [1.54, 1.807) is 54.6 Å². The first-order valence-electron chi connectivity index (χ1n) is 9.67. The molecule has 0 aromatic heterocycles. The topological polar surface area (TPSA) is 110 Å². The summed E-state index contributed by atoms with van der Waals surface area (Å²) >= 11 is 0. The molecule has 0 spiro atoms. The summed E-state index contributed by atoms with van der Waals surface area (Å²) in [4.78, 5) is 37.9. The van der Waals surface area contributed by atoms with E-state index in [2.05, 4.69) is 0 Å². The number of ether oxygens (including phenoxy) is 1. The maximum absolute atomic E-state index is 13.1. The number of hydrogen-bond donors (Lipinski definition) is 1. The van der Waals surface area contributed by atoms with Gasteiger partial charge in [-0.3, -0.25) is 24.6 Å². The zero-order valence-corrected chi connectivity index (χ0v) is 17.0. The van der Waals surface area contributed by atoms with Gasteiger partial charge in [0.25, 0.3) is 17.4 Å². The van der Waals surface area contributed by atoms with Crippen molar-refractivity contribution in [3.8, 4) is 5.75 Å². The summed E-state index contributed by atoms with van der Waals surface area (Å²) in [6, 6.07) is 19.6.